The van der Waals surface area contributed by atoms with Gasteiger partial charge in [-0.2, -0.15) is 0 Å². The summed E-state index contributed by atoms with van der Waals surface area (Å²) in [5.41, 5.74) is 0. The zero-order chi connectivity index (χ0) is 11.7. The lowest BCUT2D eigenvalue weighted by molar-refractivity contribution is -0.141. The van der Waals surface area contributed by atoms with E-state index in [4.69, 9.17) is 5.11 Å². The Morgan fingerprint density at radius 1 is 1.56 bits per heavy atom. The Morgan fingerprint density at radius 3 is 2.88 bits per heavy atom. The highest BCUT2D eigenvalue weighted by Crippen LogP contribution is 2.25. The van der Waals surface area contributed by atoms with Crippen molar-refractivity contribution < 1.29 is 14.7 Å². The Bertz CT molecular complexity index is 431. The Morgan fingerprint density at radius 2 is 2.31 bits per heavy atom. The first-order valence-corrected chi connectivity index (χ1v) is 6.54. The third-order valence-corrected chi connectivity index (χ3v) is 4.26. The summed E-state index contributed by atoms with van der Waals surface area (Å²) in [5, 5.41) is 10.8. The first kappa shape index (κ1) is 11.6. The molecule has 6 heteroatoms. The largest absolute Gasteiger partial charge is 0.480 e. The molecule has 1 N–H and O–H groups in total. The molecule has 1 aliphatic heterocycles. The zero-order valence-corrected chi connectivity index (χ0v) is 10.8. The number of carbonyl (C=O) groups is 2. The molecule has 0 spiro atoms. The molecule has 1 atom stereocenters. The lowest BCUT2D eigenvalue weighted by Crippen LogP contribution is -2.40. The fourth-order valence-corrected chi connectivity index (χ4v) is 3.21. The standard InChI is InChI=1S/C10H10BrNO3S/c11-6-4-8(16-5-6)9(13)12-3-1-2-7(12)10(14)15/h4-5,7H,1-3H2,(H,14,15)/t7-/m1/s1. The fraction of sp³-hybridized carbons (Fsp3) is 0.400. The van der Waals surface area contributed by atoms with Gasteiger partial charge in [0.05, 0.1) is 4.88 Å². The Kier molecular flexibility index (Phi) is 3.30. The first-order chi connectivity index (χ1) is 7.59. The minimum absolute atomic E-state index is 0.180. The van der Waals surface area contributed by atoms with Crippen molar-refractivity contribution >= 4 is 39.1 Å². The van der Waals surface area contributed by atoms with Gasteiger partial charge in [-0.05, 0) is 34.8 Å². The lowest BCUT2D eigenvalue weighted by atomic mass is 10.2. The maximum Gasteiger partial charge on any atom is 0.326 e. The van der Waals surface area contributed by atoms with Gasteiger partial charge in [0, 0.05) is 16.4 Å². The van der Waals surface area contributed by atoms with E-state index in [0.717, 1.165) is 10.9 Å². The van der Waals surface area contributed by atoms with Gasteiger partial charge >= 0.3 is 5.97 Å². The number of hydrogen-bond acceptors (Lipinski definition) is 3. The van der Waals surface area contributed by atoms with Crippen LogP contribution in [0.3, 0.4) is 0 Å². The third kappa shape index (κ3) is 2.12. The van der Waals surface area contributed by atoms with Gasteiger partial charge in [0.25, 0.3) is 5.91 Å². The summed E-state index contributed by atoms with van der Waals surface area (Å²) in [6, 6.07) is 1.07. The second kappa shape index (κ2) is 4.55. The van der Waals surface area contributed by atoms with Crippen LogP contribution in [0.5, 0.6) is 0 Å². The van der Waals surface area contributed by atoms with Crippen LogP contribution >= 0.6 is 27.3 Å². The molecule has 0 aliphatic carbocycles. The number of aliphatic carboxylic acids is 1. The molecule has 0 radical (unpaired) electrons. The molecule has 0 unspecified atom stereocenters. The van der Waals surface area contributed by atoms with Crippen LogP contribution in [0.4, 0.5) is 0 Å². The molecular formula is C10H10BrNO3S. The maximum absolute atomic E-state index is 12.0. The Balaban J connectivity index is 2.18. The predicted molar refractivity (Wildman–Crippen MR) is 63.7 cm³/mol. The number of carbonyl (C=O) groups excluding carboxylic acids is 1. The van der Waals surface area contributed by atoms with Crippen LogP contribution < -0.4 is 0 Å². The molecule has 2 heterocycles. The molecule has 1 amide bonds. The molecule has 1 aliphatic rings. The minimum atomic E-state index is -0.915. The molecule has 16 heavy (non-hydrogen) atoms. The van der Waals surface area contributed by atoms with E-state index in [2.05, 4.69) is 15.9 Å². The van der Waals surface area contributed by atoms with Crippen LogP contribution in [-0.4, -0.2) is 34.5 Å². The van der Waals surface area contributed by atoms with Crippen LogP contribution in [0.25, 0.3) is 0 Å². The fourth-order valence-electron chi connectivity index (χ4n) is 1.83. The average Bonchev–Trinajstić information content (AvgIpc) is 2.84. The van der Waals surface area contributed by atoms with E-state index < -0.39 is 12.0 Å². The molecule has 0 aromatic carbocycles. The van der Waals surface area contributed by atoms with E-state index in [1.54, 1.807) is 6.07 Å². The number of carboxylic acid groups (broad SMARTS) is 1. The molecule has 0 saturated carbocycles. The van der Waals surface area contributed by atoms with Crippen LogP contribution in [0.15, 0.2) is 15.9 Å². The van der Waals surface area contributed by atoms with E-state index >= 15 is 0 Å². The Labute approximate surface area is 105 Å². The highest BCUT2D eigenvalue weighted by molar-refractivity contribution is 9.10. The van der Waals surface area contributed by atoms with Gasteiger partial charge in [0.2, 0.25) is 0 Å². The Hall–Kier alpha value is -0.880. The third-order valence-electron chi connectivity index (χ3n) is 2.58. The summed E-state index contributed by atoms with van der Waals surface area (Å²) in [6.45, 7) is 0.533. The number of amides is 1. The summed E-state index contributed by atoms with van der Waals surface area (Å²) >= 11 is 4.60. The van der Waals surface area contributed by atoms with E-state index in [0.29, 0.717) is 17.8 Å². The van der Waals surface area contributed by atoms with Crippen molar-refractivity contribution in [2.75, 3.05) is 6.54 Å². The summed E-state index contributed by atoms with van der Waals surface area (Å²) in [5.74, 6) is -1.10. The van der Waals surface area contributed by atoms with Crippen molar-refractivity contribution in [3.63, 3.8) is 0 Å². The normalized spacial score (nSPS) is 20.1. The minimum Gasteiger partial charge on any atom is -0.480 e. The van der Waals surface area contributed by atoms with Crippen LogP contribution in [0.2, 0.25) is 0 Å². The number of carboxylic acids is 1. The maximum atomic E-state index is 12.0. The van der Waals surface area contributed by atoms with E-state index in [9.17, 15) is 9.59 Å². The highest BCUT2D eigenvalue weighted by atomic mass is 79.9. The first-order valence-electron chi connectivity index (χ1n) is 4.87. The van der Waals surface area contributed by atoms with Gasteiger partial charge in [-0.1, -0.05) is 0 Å². The van der Waals surface area contributed by atoms with E-state index in [1.165, 1.54) is 16.2 Å². The zero-order valence-electron chi connectivity index (χ0n) is 8.35. The van der Waals surface area contributed by atoms with Crippen molar-refractivity contribution in [1.82, 2.24) is 4.90 Å². The highest BCUT2D eigenvalue weighted by Gasteiger charge is 2.34. The number of hydrogen-bond donors (Lipinski definition) is 1. The molecule has 1 fully saturated rings. The number of nitrogens with zero attached hydrogens (tertiary/aromatic N) is 1. The summed E-state index contributed by atoms with van der Waals surface area (Å²) < 4.78 is 0.854. The van der Waals surface area contributed by atoms with Crippen LogP contribution in [0, 0.1) is 0 Å². The van der Waals surface area contributed by atoms with Gasteiger partial charge in [0.1, 0.15) is 6.04 Å². The second-order valence-electron chi connectivity index (χ2n) is 3.62. The summed E-state index contributed by atoms with van der Waals surface area (Å²) in [6.07, 6.45) is 1.31. The monoisotopic (exact) mass is 303 g/mol. The second-order valence-corrected chi connectivity index (χ2v) is 5.45. The summed E-state index contributed by atoms with van der Waals surface area (Å²) in [7, 11) is 0. The molecule has 1 aromatic heterocycles. The molecule has 4 nitrogen and oxygen atoms in total. The quantitative estimate of drug-likeness (QED) is 0.911. The number of thiophene rings is 1. The van der Waals surface area contributed by atoms with E-state index in [1.807, 2.05) is 5.38 Å². The molecule has 1 aromatic rings. The summed E-state index contributed by atoms with van der Waals surface area (Å²) in [4.78, 5) is 25.0. The molecular weight excluding hydrogens is 294 g/mol. The SMILES string of the molecule is O=C(O)[C@H]1CCCN1C(=O)c1cc(Br)cs1. The van der Waals surface area contributed by atoms with Crippen LogP contribution in [0.1, 0.15) is 22.5 Å². The number of halogens is 1. The van der Waals surface area contributed by atoms with Gasteiger partial charge in [-0.3, -0.25) is 4.79 Å². The number of likely N-dealkylation sites (tertiary alicyclic amines) is 1. The number of rotatable bonds is 2. The van der Waals surface area contributed by atoms with E-state index in [-0.39, 0.29) is 5.91 Å². The topological polar surface area (TPSA) is 57.6 Å². The van der Waals surface area contributed by atoms with Gasteiger partial charge in [0.15, 0.2) is 0 Å². The molecule has 0 bridgehead atoms. The molecule has 1 saturated heterocycles. The predicted octanol–water partition coefficient (Wildman–Crippen LogP) is 2.20. The van der Waals surface area contributed by atoms with Crippen molar-refractivity contribution in [2.45, 2.75) is 18.9 Å². The van der Waals surface area contributed by atoms with Crippen molar-refractivity contribution in [2.24, 2.45) is 0 Å². The van der Waals surface area contributed by atoms with Crippen molar-refractivity contribution in [3.05, 3.63) is 20.8 Å². The van der Waals surface area contributed by atoms with Crippen LogP contribution in [-0.2, 0) is 4.79 Å². The van der Waals surface area contributed by atoms with Gasteiger partial charge in [-0.25, -0.2) is 4.79 Å². The lowest BCUT2D eigenvalue weighted by Gasteiger charge is -2.20. The average molecular weight is 304 g/mol. The van der Waals surface area contributed by atoms with Gasteiger partial charge < -0.3 is 10.0 Å². The molecule has 86 valence electrons. The smallest absolute Gasteiger partial charge is 0.326 e. The van der Waals surface area contributed by atoms with Crippen molar-refractivity contribution in [1.29, 1.82) is 0 Å². The van der Waals surface area contributed by atoms with Gasteiger partial charge in [-0.15, -0.1) is 11.3 Å². The molecule has 2 rings (SSSR count). The van der Waals surface area contributed by atoms with Crippen molar-refractivity contribution in [3.8, 4) is 0 Å².